The van der Waals surface area contributed by atoms with E-state index in [4.69, 9.17) is 21.1 Å². The Morgan fingerprint density at radius 2 is 1.62 bits per heavy atom. The number of amides is 1. The van der Waals surface area contributed by atoms with Crippen LogP contribution in [0.4, 0.5) is 5.69 Å². The lowest BCUT2D eigenvalue weighted by Crippen LogP contribution is -2.25. The molecule has 0 saturated carbocycles. The average molecular weight is 474 g/mol. The third kappa shape index (κ3) is 4.73. The minimum atomic E-state index is -0.0870. The molecule has 0 saturated heterocycles. The van der Waals surface area contributed by atoms with Crippen LogP contribution in [0.25, 0.3) is 11.8 Å². The molecule has 3 aromatic rings. The zero-order valence-corrected chi connectivity index (χ0v) is 20.6. The second-order valence-corrected chi connectivity index (χ2v) is 8.73. The fourth-order valence-corrected chi connectivity index (χ4v) is 4.14. The Hall–Kier alpha value is -3.50. The van der Waals surface area contributed by atoms with Crippen LogP contribution in [0.1, 0.15) is 42.9 Å². The van der Waals surface area contributed by atoms with E-state index in [1.165, 1.54) is 5.56 Å². The summed E-state index contributed by atoms with van der Waals surface area (Å²) in [6.07, 6.45) is 4.86. The van der Waals surface area contributed by atoms with Crippen LogP contribution in [0.3, 0.4) is 0 Å². The predicted octanol–water partition coefficient (Wildman–Crippen LogP) is 7.34. The Morgan fingerprint density at radius 1 is 0.941 bits per heavy atom. The molecule has 4 nitrogen and oxygen atoms in total. The van der Waals surface area contributed by atoms with Crippen LogP contribution >= 0.6 is 11.6 Å². The second kappa shape index (κ2) is 10.2. The van der Waals surface area contributed by atoms with Gasteiger partial charge in [-0.15, -0.1) is 0 Å². The van der Waals surface area contributed by atoms with Gasteiger partial charge < -0.3 is 9.47 Å². The molecule has 1 heterocycles. The van der Waals surface area contributed by atoms with Crippen molar-refractivity contribution in [3.05, 3.63) is 100 Å². The SMILES string of the molecule is CC[C@@H](C)c1ccc(N2C(=O)/C(=C/c3ccc(OC)c(OC)c3)C=C2c2ccc(Cl)cc2)cc1. The maximum Gasteiger partial charge on any atom is 0.262 e. The Labute approximate surface area is 206 Å². The zero-order valence-electron chi connectivity index (χ0n) is 19.8. The van der Waals surface area contributed by atoms with E-state index in [2.05, 4.69) is 26.0 Å². The summed E-state index contributed by atoms with van der Waals surface area (Å²) in [4.78, 5) is 15.4. The number of benzene rings is 3. The van der Waals surface area contributed by atoms with Gasteiger partial charge in [0, 0.05) is 16.3 Å². The summed E-state index contributed by atoms with van der Waals surface area (Å²) in [7, 11) is 3.20. The minimum Gasteiger partial charge on any atom is -0.493 e. The average Bonchev–Trinajstić information content (AvgIpc) is 3.19. The highest BCUT2D eigenvalue weighted by molar-refractivity contribution is 6.30. The molecule has 0 bridgehead atoms. The molecular weight excluding hydrogens is 446 g/mol. The van der Waals surface area contributed by atoms with Crippen LogP contribution in [0.2, 0.25) is 5.02 Å². The second-order valence-electron chi connectivity index (χ2n) is 8.29. The van der Waals surface area contributed by atoms with Crippen molar-refractivity contribution < 1.29 is 14.3 Å². The van der Waals surface area contributed by atoms with Crippen LogP contribution in [-0.2, 0) is 4.79 Å². The molecule has 1 aliphatic heterocycles. The third-order valence-electron chi connectivity index (χ3n) is 6.19. The first kappa shape index (κ1) is 23.7. The van der Waals surface area contributed by atoms with Crippen LogP contribution in [-0.4, -0.2) is 20.1 Å². The molecule has 4 rings (SSSR count). The first-order valence-electron chi connectivity index (χ1n) is 11.3. The van der Waals surface area contributed by atoms with E-state index in [1.807, 2.05) is 66.7 Å². The summed E-state index contributed by atoms with van der Waals surface area (Å²) < 4.78 is 10.8. The van der Waals surface area contributed by atoms with Gasteiger partial charge in [0.1, 0.15) is 0 Å². The highest BCUT2D eigenvalue weighted by Gasteiger charge is 2.30. The Balaban J connectivity index is 1.77. The summed E-state index contributed by atoms with van der Waals surface area (Å²) in [5, 5.41) is 0.652. The lowest BCUT2D eigenvalue weighted by molar-refractivity contribution is -0.113. The van der Waals surface area contributed by atoms with E-state index >= 15 is 0 Å². The number of nitrogens with zero attached hydrogens (tertiary/aromatic N) is 1. The number of ether oxygens (including phenoxy) is 2. The summed E-state index contributed by atoms with van der Waals surface area (Å²) in [5.41, 5.74) is 5.25. The molecule has 1 amide bonds. The molecule has 0 fully saturated rings. The van der Waals surface area contributed by atoms with Gasteiger partial charge in [0.25, 0.3) is 5.91 Å². The molecule has 0 unspecified atom stereocenters. The Bertz CT molecular complexity index is 1240. The Kier molecular flexibility index (Phi) is 7.09. The van der Waals surface area contributed by atoms with Gasteiger partial charge in [0.05, 0.1) is 19.9 Å². The largest absolute Gasteiger partial charge is 0.493 e. The van der Waals surface area contributed by atoms with Crippen molar-refractivity contribution in [2.75, 3.05) is 19.1 Å². The minimum absolute atomic E-state index is 0.0870. The first-order chi connectivity index (χ1) is 16.4. The van der Waals surface area contributed by atoms with Crippen molar-refractivity contribution in [3.8, 4) is 11.5 Å². The first-order valence-corrected chi connectivity index (χ1v) is 11.7. The highest BCUT2D eigenvalue weighted by atomic mass is 35.5. The van der Waals surface area contributed by atoms with Gasteiger partial charge in [-0.1, -0.05) is 55.8 Å². The summed E-state index contributed by atoms with van der Waals surface area (Å²) >= 11 is 6.12. The van der Waals surface area contributed by atoms with Gasteiger partial charge in [-0.2, -0.15) is 0 Å². The maximum atomic E-state index is 13.6. The van der Waals surface area contributed by atoms with E-state index in [9.17, 15) is 4.79 Å². The number of carbonyl (C=O) groups excluding carboxylic acids is 1. The van der Waals surface area contributed by atoms with Crippen LogP contribution in [0.5, 0.6) is 11.5 Å². The third-order valence-corrected chi connectivity index (χ3v) is 6.44. The van der Waals surface area contributed by atoms with Crippen LogP contribution < -0.4 is 14.4 Å². The van der Waals surface area contributed by atoms with Crippen LogP contribution in [0.15, 0.2) is 78.4 Å². The van der Waals surface area contributed by atoms with Gasteiger partial charge in [0.15, 0.2) is 11.5 Å². The fourth-order valence-electron chi connectivity index (χ4n) is 4.01. The van der Waals surface area contributed by atoms with Crippen molar-refractivity contribution in [1.29, 1.82) is 0 Å². The van der Waals surface area contributed by atoms with Crippen molar-refractivity contribution >= 4 is 35.0 Å². The van der Waals surface area contributed by atoms with Gasteiger partial charge >= 0.3 is 0 Å². The molecule has 34 heavy (non-hydrogen) atoms. The van der Waals surface area contributed by atoms with E-state index in [-0.39, 0.29) is 5.91 Å². The van der Waals surface area contributed by atoms with E-state index in [1.54, 1.807) is 19.1 Å². The van der Waals surface area contributed by atoms with Crippen molar-refractivity contribution in [3.63, 3.8) is 0 Å². The number of rotatable bonds is 7. The van der Waals surface area contributed by atoms with Gasteiger partial charge in [-0.3, -0.25) is 9.69 Å². The lowest BCUT2D eigenvalue weighted by atomic mass is 9.98. The standard InChI is InChI=1S/C29H28ClNO3/c1-5-19(2)21-9-13-25(14-10-21)31-26(22-7-11-24(30)12-8-22)18-23(29(31)32)16-20-6-15-27(33-3)28(17-20)34-4/h6-19H,5H2,1-4H3/b23-16+/t19-/m1/s1. The maximum absolute atomic E-state index is 13.6. The Morgan fingerprint density at radius 3 is 2.24 bits per heavy atom. The van der Waals surface area contributed by atoms with Crippen molar-refractivity contribution in [1.82, 2.24) is 0 Å². The molecule has 0 N–H and O–H groups in total. The van der Waals surface area contributed by atoms with Gasteiger partial charge in [0.2, 0.25) is 0 Å². The van der Waals surface area contributed by atoms with Crippen molar-refractivity contribution in [2.24, 2.45) is 0 Å². The van der Waals surface area contributed by atoms with E-state index < -0.39 is 0 Å². The number of methoxy groups -OCH3 is 2. The quantitative estimate of drug-likeness (QED) is 0.337. The zero-order chi connectivity index (χ0) is 24.2. The highest BCUT2D eigenvalue weighted by Crippen LogP contribution is 2.37. The molecule has 0 aromatic heterocycles. The molecule has 1 aliphatic rings. The van der Waals surface area contributed by atoms with E-state index in [0.29, 0.717) is 28.0 Å². The number of hydrogen-bond acceptors (Lipinski definition) is 3. The monoisotopic (exact) mass is 473 g/mol. The van der Waals surface area contributed by atoms with Crippen molar-refractivity contribution in [2.45, 2.75) is 26.2 Å². The molecule has 174 valence electrons. The summed E-state index contributed by atoms with van der Waals surface area (Å²) in [6, 6.07) is 21.4. The smallest absolute Gasteiger partial charge is 0.262 e. The molecule has 0 radical (unpaired) electrons. The van der Waals surface area contributed by atoms with Gasteiger partial charge in [-0.25, -0.2) is 0 Å². The fraction of sp³-hybridized carbons (Fsp3) is 0.207. The molecule has 5 heteroatoms. The predicted molar refractivity (Wildman–Crippen MR) is 140 cm³/mol. The molecule has 1 atom stereocenters. The molecule has 0 spiro atoms. The number of carbonyl (C=O) groups is 1. The van der Waals surface area contributed by atoms with Crippen LogP contribution in [0, 0.1) is 0 Å². The number of hydrogen-bond donors (Lipinski definition) is 0. The van der Waals surface area contributed by atoms with Gasteiger partial charge in [-0.05, 0) is 77.6 Å². The lowest BCUT2D eigenvalue weighted by Gasteiger charge is -2.22. The topological polar surface area (TPSA) is 38.8 Å². The number of halogens is 1. The number of anilines is 1. The summed E-state index contributed by atoms with van der Waals surface area (Å²) in [6.45, 7) is 4.38. The molecule has 3 aromatic carbocycles. The molecular formula is C29H28ClNO3. The molecule has 0 aliphatic carbocycles. The normalized spacial score (nSPS) is 15.4. The summed E-state index contributed by atoms with van der Waals surface area (Å²) in [5.74, 6) is 1.63. The van der Waals surface area contributed by atoms with E-state index in [0.717, 1.165) is 28.9 Å².